The lowest BCUT2D eigenvalue weighted by atomic mass is 9.99. The number of hydrogen-bond donors (Lipinski definition) is 1. The van der Waals surface area contributed by atoms with E-state index in [9.17, 15) is 13.2 Å². The number of amides is 1. The second-order valence-electron chi connectivity index (χ2n) is 8.55. The van der Waals surface area contributed by atoms with Gasteiger partial charge >= 0.3 is 0 Å². The Morgan fingerprint density at radius 1 is 1.21 bits per heavy atom. The lowest BCUT2D eigenvalue weighted by molar-refractivity contribution is -0.126. The number of nitrogens with one attached hydrogen (secondary N) is 1. The van der Waals surface area contributed by atoms with Crippen LogP contribution in [0.25, 0.3) is 11.0 Å². The predicted molar refractivity (Wildman–Crippen MR) is 124 cm³/mol. The van der Waals surface area contributed by atoms with Gasteiger partial charge in [-0.15, -0.1) is 5.10 Å². The summed E-state index contributed by atoms with van der Waals surface area (Å²) in [5.41, 5.74) is 2.28. The molecule has 0 aliphatic carbocycles. The average molecular weight is 472 g/mol. The Labute approximate surface area is 193 Å². The number of piperidine rings is 1. The zero-order chi connectivity index (χ0) is 23.6. The molecule has 1 atom stereocenters. The number of aromatic nitrogens is 3. The number of hydrogen-bond acceptors (Lipinski definition) is 6. The highest BCUT2D eigenvalue weighted by atomic mass is 32.2. The minimum absolute atomic E-state index is 0.122. The van der Waals surface area contributed by atoms with Gasteiger partial charge in [-0.2, -0.15) is 4.31 Å². The third kappa shape index (κ3) is 4.86. The van der Waals surface area contributed by atoms with E-state index < -0.39 is 15.9 Å². The Bertz CT molecular complexity index is 1240. The first-order valence-corrected chi connectivity index (χ1v) is 12.5. The number of benzene rings is 2. The van der Waals surface area contributed by atoms with Gasteiger partial charge in [-0.25, -0.2) is 13.1 Å². The third-order valence-corrected chi connectivity index (χ3v) is 7.81. The summed E-state index contributed by atoms with van der Waals surface area (Å²) in [4.78, 5) is 12.9. The van der Waals surface area contributed by atoms with E-state index in [0.29, 0.717) is 31.4 Å². The minimum Gasteiger partial charge on any atom is -0.497 e. The van der Waals surface area contributed by atoms with Crippen LogP contribution in [0.5, 0.6) is 5.75 Å². The van der Waals surface area contributed by atoms with E-state index in [-0.39, 0.29) is 23.4 Å². The van der Waals surface area contributed by atoms with Gasteiger partial charge in [0.25, 0.3) is 0 Å². The van der Waals surface area contributed by atoms with Crippen molar-refractivity contribution in [1.29, 1.82) is 0 Å². The maximum atomic E-state index is 13.3. The molecule has 0 radical (unpaired) electrons. The molecule has 2 heterocycles. The Balaban J connectivity index is 1.44. The van der Waals surface area contributed by atoms with Crippen molar-refractivity contribution in [2.45, 2.75) is 44.2 Å². The van der Waals surface area contributed by atoms with Crippen LogP contribution in [0.4, 0.5) is 0 Å². The molecule has 176 valence electrons. The van der Waals surface area contributed by atoms with E-state index in [1.807, 2.05) is 38.1 Å². The van der Waals surface area contributed by atoms with Gasteiger partial charge in [0.15, 0.2) is 0 Å². The SMILES string of the molecule is COc1ccc(CNC(=O)C2CCCN(S(=O)(=O)c3ccc4c(c3)nnn4C(C)C)C2)cc1. The number of methoxy groups -OCH3 is 1. The summed E-state index contributed by atoms with van der Waals surface area (Å²) in [5, 5.41) is 11.2. The fraction of sp³-hybridized carbons (Fsp3) is 0.435. The number of sulfonamides is 1. The number of rotatable bonds is 7. The monoisotopic (exact) mass is 471 g/mol. The molecule has 9 nitrogen and oxygen atoms in total. The molecule has 33 heavy (non-hydrogen) atoms. The molecule has 1 aliphatic heterocycles. The van der Waals surface area contributed by atoms with Crippen LogP contribution in [0.3, 0.4) is 0 Å². The molecule has 1 amide bonds. The summed E-state index contributed by atoms with van der Waals surface area (Å²) in [6.07, 6.45) is 1.29. The van der Waals surface area contributed by atoms with E-state index in [4.69, 9.17) is 4.74 Å². The van der Waals surface area contributed by atoms with Crippen molar-refractivity contribution in [2.75, 3.05) is 20.2 Å². The Morgan fingerprint density at radius 3 is 2.67 bits per heavy atom. The first-order chi connectivity index (χ1) is 15.8. The van der Waals surface area contributed by atoms with E-state index in [1.54, 1.807) is 30.0 Å². The minimum atomic E-state index is -3.74. The topological polar surface area (TPSA) is 106 Å². The number of carbonyl (C=O) groups excluding carboxylic acids is 1. The highest BCUT2D eigenvalue weighted by Crippen LogP contribution is 2.26. The van der Waals surface area contributed by atoms with Gasteiger partial charge < -0.3 is 10.1 Å². The van der Waals surface area contributed by atoms with Crippen LogP contribution in [0.1, 0.15) is 38.3 Å². The van der Waals surface area contributed by atoms with Gasteiger partial charge in [0.2, 0.25) is 15.9 Å². The molecular weight excluding hydrogens is 442 g/mol. The summed E-state index contributed by atoms with van der Waals surface area (Å²) in [5.74, 6) is 0.224. The Morgan fingerprint density at radius 2 is 1.97 bits per heavy atom. The van der Waals surface area contributed by atoms with Crippen LogP contribution < -0.4 is 10.1 Å². The van der Waals surface area contributed by atoms with Crippen LogP contribution in [0, 0.1) is 5.92 Å². The lowest BCUT2D eigenvalue weighted by Crippen LogP contribution is -2.45. The van der Waals surface area contributed by atoms with E-state index in [0.717, 1.165) is 16.8 Å². The molecule has 4 rings (SSSR count). The first kappa shape index (κ1) is 23.2. The fourth-order valence-electron chi connectivity index (χ4n) is 4.06. The number of ether oxygens (including phenoxy) is 1. The van der Waals surface area contributed by atoms with E-state index in [2.05, 4.69) is 15.6 Å². The largest absolute Gasteiger partial charge is 0.497 e. The molecule has 1 fully saturated rings. The van der Waals surface area contributed by atoms with Gasteiger partial charge in [-0.3, -0.25) is 4.79 Å². The van der Waals surface area contributed by atoms with Crippen molar-refractivity contribution in [3.05, 3.63) is 48.0 Å². The molecule has 1 saturated heterocycles. The number of nitrogens with zero attached hydrogens (tertiary/aromatic N) is 4. The quantitative estimate of drug-likeness (QED) is 0.568. The molecule has 0 bridgehead atoms. The second-order valence-corrected chi connectivity index (χ2v) is 10.5. The maximum Gasteiger partial charge on any atom is 0.243 e. The Hall–Kier alpha value is -2.98. The lowest BCUT2D eigenvalue weighted by Gasteiger charge is -2.31. The third-order valence-electron chi connectivity index (χ3n) is 5.95. The summed E-state index contributed by atoms with van der Waals surface area (Å²) in [7, 11) is -2.14. The molecule has 0 saturated carbocycles. The van der Waals surface area contributed by atoms with Crippen molar-refractivity contribution in [3.63, 3.8) is 0 Å². The highest BCUT2D eigenvalue weighted by Gasteiger charge is 2.33. The summed E-state index contributed by atoms with van der Waals surface area (Å²) in [6, 6.07) is 12.5. The molecule has 0 spiro atoms. The molecular formula is C23H29N5O4S. The van der Waals surface area contributed by atoms with Crippen molar-refractivity contribution in [2.24, 2.45) is 5.92 Å². The molecule has 2 aromatic carbocycles. The molecule has 1 aliphatic rings. The fourth-order valence-corrected chi connectivity index (χ4v) is 5.61. The van der Waals surface area contributed by atoms with Gasteiger partial charge in [0.1, 0.15) is 11.3 Å². The summed E-state index contributed by atoms with van der Waals surface area (Å²) < 4.78 is 34.9. The highest BCUT2D eigenvalue weighted by molar-refractivity contribution is 7.89. The van der Waals surface area contributed by atoms with Crippen LogP contribution in [-0.4, -0.2) is 53.8 Å². The van der Waals surface area contributed by atoms with Crippen molar-refractivity contribution in [3.8, 4) is 5.75 Å². The zero-order valence-corrected chi connectivity index (χ0v) is 19.9. The molecule has 3 aromatic rings. The summed E-state index contributed by atoms with van der Waals surface area (Å²) >= 11 is 0. The van der Waals surface area contributed by atoms with Gasteiger partial charge in [0.05, 0.1) is 23.4 Å². The van der Waals surface area contributed by atoms with Crippen LogP contribution in [0.2, 0.25) is 0 Å². The first-order valence-electron chi connectivity index (χ1n) is 11.1. The number of carbonyl (C=O) groups is 1. The smallest absolute Gasteiger partial charge is 0.243 e. The Kier molecular flexibility index (Phi) is 6.66. The van der Waals surface area contributed by atoms with Crippen LogP contribution in [0.15, 0.2) is 47.4 Å². The molecule has 1 N–H and O–H groups in total. The van der Waals surface area contributed by atoms with Crippen LogP contribution in [-0.2, 0) is 21.4 Å². The number of fused-ring (bicyclic) bond motifs is 1. The molecule has 1 unspecified atom stereocenters. The average Bonchev–Trinajstić information content (AvgIpc) is 3.26. The van der Waals surface area contributed by atoms with Gasteiger partial charge in [0, 0.05) is 25.7 Å². The van der Waals surface area contributed by atoms with E-state index in [1.165, 1.54) is 4.31 Å². The van der Waals surface area contributed by atoms with Crippen molar-refractivity contribution < 1.29 is 17.9 Å². The second kappa shape index (κ2) is 9.48. The van der Waals surface area contributed by atoms with Crippen molar-refractivity contribution >= 4 is 27.0 Å². The van der Waals surface area contributed by atoms with Crippen LogP contribution >= 0.6 is 0 Å². The zero-order valence-electron chi connectivity index (χ0n) is 19.1. The maximum absolute atomic E-state index is 13.3. The van der Waals surface area contributed by atoms with Gasteiger partial charge in [-0.1, -0.05) is 17.3 Å². The summed E-state index contributed by atoms with van der Waals surface area (Å²) in [6.45, 7) is 4.92. The van der Waals surface area contributed by atoms with Gasteiger partial charge in [-0.05, 0) is 62.6 Å². The normalized spacial score (nSPS) is 17.4. The standard InChI is InChI=1S/C23H29N5O4S/c1-16(2)28-22-11-10-20(13-21(22)25-26-28)33(30,31)27-12-4-5-18(15-27)23(29)24-14-17-6-8-19(32-3)9-7-17/h6-11,13,16,18H,4-5,12,14-15H2,1-3H3,(H,24,29). The predicted octanol–water partition coefficient (Wildman–Crippen LogP) is 2.74. The molecule has 10 heteroatoms. The van der Waals surface area contributed by atoms with Crippen molar-refractivity contribution in [1.82, 2.24) is 24.6 Å². The molecule has 1 aromatic heterocycles. The van der Waals surface area contributed by atoms with E-state index >= 15 is 0 Å².